The van der Waals surface area contributed by atoms with E-state index in [0.29, 0.717) is 30.6 Å². The van der Waals surface area contributed by atoms with Gasteiger partial charge >= 0.3 is 0 Å². The molecule has 1 fully saturated rings. The lowest BCUT2D eigenvalue weighted by atomic mass is 10.1. The number of hydrogen-bond donors (Lipinski definition) is 0. The summed E-state index contributed by atoms with van der Waals surface area (Å²) >= 11 is 6.27. The lowest BCUT2D eigenvalue weighted by Gasteiger charge is -2.24. The molecular formula is C29H32ClFN6O. The first kappa shape index (κ1) is 26.1. The molecule has 3 heterocycles. The van der Waals surface area contributed by atoms with Crippen molar-refractivity contribution >= 4 is 34.4 Å². The van der Waals surface area contributed by atoms with Crippen LogP contribution in [0.5, 0.6) is 0 Å². The zero-order chi connectivity index (χ0) is 26.6. The Balaban J connectivity index is 1.41. The predicted octanol–water partition coefficient (Wildman–Crippen LogP) is 5.48. The minimum absolute atomic E-state index is 0.0534. The van der Waals surface area contributed by atoms with E-state index in [2.05, 4.69) is 23.8 Å². The Labute approximate surface area is 227 Å². The average molecular weight is 535 g/mol. The Kier molecular flexibility index (Phi) is 7.88. The van der Waals surface area contributed by atoms with Crippen molar-refractivity contribution in [3.63, 3.8) is 0 Å². The van der Waals surface area contributed by atoms with Gasteiger partial charge in [0, 0.05) is 37.6 Å². The number of rotatable bonds is 7. The van der Waals surface area contributed by atoms with Crippen molar-refractivity contribution in [3.8, 4) is 5.69 Å². The number of nitrogens with zero attached hydrogens (tertiary/aromatic N) is 6. The maximum absolute atomic E-state index is 13.3. The third-order valence-corrected chi connectivity index (χ3v) is 7.10. The first-order valence-electron chi connectivity index (χ1n) is 13.1. The summed E-state index contributed by atoms with van der Waals surface area (Å²) in [6.07, 6.45) is 4.67. The zero-order valence-electron chi connectivity index (χ0n) is 21.8. The number of halogens is 2. The number of amides is 1. The van der Waals surface area contributed by atoms with Crippen LogP contribution < -0.4 is 4.90 Å². The summed E-state index contributed by atoms with van der Waals surface area (Å²) in [6.45, 7) is 7.09. The van der Waals surface area contributed by atoms with E-state index in [1.807, 2.05) is 40.0 Å². The number of benzene rings is 2. The van der Waals surface area contributed by atoms with Crippen LogP contribution in [0.4, 0.5) is 10.2 Å². The topological polar surface area (TPSA) is 67.2 Å². The molecule has 1 amide bonds. The van der Waals surface area contributed by atoms with Crippen molar-refractivity contribution in [2.45, 2.75) is 39.5 Å². The first-order valence-corrected chi connectivity index (χ1v) is 13.5. The van der Waals surface area contributed by atoms with Gasteiger partial charge in [0.2, 0.25) is 5.91 Å². The monoisotopic (exact) mass is 534 g/mol. The summed E-state index contributed by atoms with van der Waals surface area (Å²) in [7, 11) is 0. The Morgan fingerprint density at radius 2 is 1.87 bits per heavy atom. The van der Waals surface area contributed by atoms with E-state index < -0.39 is 0 Å². The molecular weight excluding hydrogens is 503 g/mol. The number of carbonyl (C=O) groups excluding carboxylic acids is 1. The highest BCUT2D eigenvalue weighted by molar-refractivity contribution is 6.30. The lowest BCUT2D eigenvalue weighted by Crippen LogP contribution is -2.36. The molecule has 2 aromatic carbocycles. The molecule has 38 heavy (non-hydrogen) atoms. The molecule has 0 bridgehead atoms. The van der Waals surface area contributed by atoms with Crippen LogP contribution in [0.15, 0.2) is 54.7 Å². The maximum Gasteiger partial charge on any atom is 0.227 e. The van der Waals surface area contributed by atoms with Crippen LogP contribution >= 0.6 is 11.6 Å². The first-order chi connectivity index (χ1) is 18.4. The molecule has 7 nitrogen and oxygen atoms in total. The van der Waals surface area contributed by atoms with E-state index >= 15 is 0 Å². The highest BCUT2D eigenvalue weighted by atomic mass is 35.5. The highest BCUT2D eigenvalue weighted by Gasteiger charge is 2.24. The number of anilines is 1. The second kappa shape index (κ2) is 11.5. The fourth-order valence-electron chi connectivity index (χ4n) is 4.77. The molecule has 1 aliphatic heterocycles. The van der Waals surface area contributed by atoms with Crippen LogP contribution in [-0.4, -0.2) is 56.7 Å². The molecule has 0 aliphatic carbocycles. The predicted molar refractivity (Wildman–Crippen MR) is 148 cm³/mol. The van der Waals surface area contributed by atoms with E-state index in [0.717, 1.165) is 59.7 Å². The Morgan fingerprint density at radius 1 is 1.05 bits per heavy atom. The number of carbonyl (C=O) groups is 1. The molecule has 4 aromatic rings. The van der Waals surface area contributed by atoms with E-state index in [1.165, 1.54) is 12.1 Å². The molecule has 1 aliphatic rings. The molecule has 0 radical (unpaired) electrons. The molecule has 1 saturated heterocycles. The molecule has 0 atom stereocenters. The van der Waals surface area contributed by atoms with E-state index in [-0.39, 0.29) is 18.1 Å². The minimum Gasteiger partial charge on any atom is -0.354 e. The van der Waals surface area contributed by atoms with E-state index in [9.17, 15) is 9.18 Å². The third kappa shape index (κ3) is 5.96. The molecule has 2 aromatic heterocycles. The maximum atomic E-state index is 13.3. The van der Waals surface area contributed by atoms with Gasteiger partial charge in [-0.2, -0.15) is 5.10 Å². The highest BCUT2D eigenvalue weighted by Crippen LogP contribution is 2.28. The third-order valence-electron chi connectivity index (χ3n) is 6.87. The quantitative estimate of drug-likeness (QED) is 0.314. The van der Waals surface area contributed by atoms with Crippen molar-refractivity contribution in [2.24, 2.45) is 5.92 Å². The molecule has 5 rings (SSSR count). The molecule has 9 heteroatoms. The second-order valence-corrected chi connectivity index (χ2v) is 10.6. The van der Waals surface area contributed by atoms with Crippen molar-refractivity contribution in [1.82, 2.24) is 24.6 Å². The zero-order valence-corrected chi connectivity index (χ0v) is 22.5. The van der Waals surface area contributed by atoms with Gasteiger partial charge in [-0.1, -0.05) is 43.6 Å². The van der Waals surface area contributed by atoms with Gasteiger partial charge in [-0.15, -0.1) is 0 Å². The van der Waals surface area contributed by atoms with Crippen molar-refractivity contribution in [3.05, 3.63) is 77.0 Å². The average Bonchev–Trinajstić information content (AvgIpc) is 3.17. The number of aromatic nitrogens is 4. The summed E-state index contributed by atoms with van der Waals surface area (Å²) in [5, 5.41) is 6.17. The summed E-state index contributed by atoms with van der Waals surface area (Å²) < 4.78 is 15.1. The Morgan fingerprint density at radius 3 is 2.63 bits per heavy atom. The van der Waals surface area contributed by atoms with Gasteiger partial charge in [0.15, 0.2) is 5.65 Å². The van der Waals surface area contributed by atoms with Crippen molar-refractivity contribution in [1.29, 1.82) is 0 Å². The molecule has 0 N–H and O–H groups in total. The van der Waals surface area contributed by atoms with Crippen LogP contribution in [-0.2, 0) is 17.6 Å². The molecule has 0 saturated carbocycles. The smallest absolute Gasteiger partial charge is 0.227 e. The standard InChI is InChI=1S/C29H32ClFN6O/c1-20(2)7-12-26-33-28(25-19-32-37(29(25)34-26)24-6-3-5-22(30)18-24)36-14-4-13-35(15-16-36)27(38)17-21-8-10-23(31)11-9-21/h3,5-6,8-11,18-20H,4,7,12-17H2,1-2H3. The van der Waals surface area contributed by atoms with Crippen LogP contribution in [0.25, 0.3) is 16.7 Å². The van der Waals surface area contributed by atoms with E-state index in [4.69, 9.17) is 21.6 Å². The Hall–Kier alpha value is -3.52. The van der Waals surface area contributed by atoms with Gasteiger partial charge in [-0.3, -0.25) is 4.79 Å². The largest absolute Gasteiger partial charge is 0.354 e. The van der Waals surface area contributed by atoms with Crippen LogP contribution in [0.3, 0.4) is 0 Å². The summed E-state index contributed by atoms with van der Waals surface area (Å²) in [5.74, 6) is 1.94. The van der Waals surface area contributed by atoms with Crippen molar-refractivity contribution in [2.75, 3.05) is 31.1 Å². The fourth-order valence-corrected chi connectivity index (χ4v) is 4.96. The van der Waals surface area contributed by atoms with Crippen LogP contribution in [0.2, 0.25) is 5.02 Å². The van der Waals surface area contributed by atoms with Crippen LogP contribution in [0, 0.1) is 11.7 Å². The number of fused-ring (bicyclic) bond motifs is 1. The number of hydrogen-bond acceptors (Lipinski definition) is 5. The lowest BCUT2D eigenvalue weighted by molar-refractivity contribution is -0.130. The van der Waals surface area contributed by atoms with Gasteiger partial charge in [-0.25, -0.2) is 19.0 Å². The minimum atomic E-state index is -0.297. The summed E-state index contributed by atoms with van der Waals surface area (Å²) in [4.78, 5) is 27.1. The van der Waals surface area contributed by atoms with Gasteiger partial charge in [0.25, 0.3) is 0 Å². The van der Waals surface area contributed by atoms with Crippen LogP contribution in [0.1, 0.15) is 38.1 Å². The number of aryl methyl sites for hydroxylation is 1. The summed E-state index contributed by atoms with van der Waals surface area (Å²) in [5.41, 5.74) is 2.42. The van der Waals surface area contributed by atoms with Crippen molar-refractivity contribution < 1.29 is 9.18 Å². The van der Waals surface area contributed by atoms with Gasteiger partial charge in [0.05, 0.1) is 23.7 Å². The second-order valence-electron chi connectivity index (χ2n) is 10.2. The Bertz CT molecular complexity index is 1420. The van der Waals surface area contributed by atoms with Gasteiger partial charge in [-0.05, 0) is 54.7 Å². The molecule has 0 unspecified atom stereocenters. The molecule has 198 valence electrons. The van der Waals surface area contributed by atoms with Gasteiger partial charge < -0.3 is 9.80 Å². The fraction of sp³-hybridized carbons (Fsp3) is 0.379. The van der Waals surface area contributed by atoms with E-state index in [1.54, 1.807) is 12.1 Å². The molecule has 0 spiro atoms. The normalized spacial score (nSPS) is 14.3. The summed E-state index contributed by atoms with van der Waals surface area (Å²) in [6, 6.07) is 13.7. The SMILES string of the molecule is CC(C)CCc1nc(N2CCCN(C(=O)Cc3ccc(F)cc3)CC2)c2cnn(-c3cccc(Cl)c3)c2n1. The van der Waals surface area contributed by atoms with Gasteiger partial charge in [0.1, 0.15) is 17.5 Å².